The van der Waals surface area contributed by atoms with E-state index in [4.69, 9.17) is 0 Å². The van der Waals surface area contributed by atoms with Crippen molar-refractivity contribution in [2.45, 2.75) is 0 Å². The fraction of sp³-hybridized carbons (Fsp3) is 0. The van der Waals surface area contributed by atoms with Gasteiger partial charge in [0.2, 0.25) is 0 Å². The highest BCUT2D eigenvalue weighted by molar-refractivity contribution is 6.63. The first-order valence-electron chi connectivity index (χ1n) is 8.18. The van der Waals surface area contributed by atoms with Gasteiger partial charge in [-0.1, -0.05) is 79.9 Å². The Morgan fingerprint density at radius 2 is 1.16 bits per heavy atom. The number of hydrogen-bond donors (Lipinski definition) is 2. The van der Waals surface area contributed by atoms with Crippen LogP contribution in [-0.2, 0) is 0 Å². The summed E-state index contributed by atoms with van der Waals surface area (Å²) in [4.78, 5) is 0. The summed E-state index contributed by atoms with van der Waals surface area (Å²) in [5.41, 5.74) is 2.46. The van der Waals surface area contributed by atoms with Gasteiger partial charge in [-0.2, -0.15) is 0 Å². The van der Waals surface area contributed by atoms with Gasteiger partial charge in [0.05, 0.1) is 0 Å². The van der Waals surface area contributed by atoms with Crippen molar-refractivity contribution in [2.75, 3.05) is 0 Å². The topological polar surface area (TPSA) is 40.5 Å². The minimum absolute atomic E-state index is 0.497. The Labute approximate surface area is 146 Å². The van der Waals surface area contributed by atoms with Crippen molar-refractivity contribution in [2.24, 2.45) is 0 Å². The molecule has 0 fully saturated rings. The standard InChI is InChI=1S/C22H17BO2/c1-3-14-15(4-2)20-13-21(23(24)25)17-10-6-8-12-19(17)22(20)18-11-7-5-9-16(14)18/h3-13,24-25H,1-2H2. The molecule has 0 aliphatic heterocycles. The Morgan fingerprint density at radius 1 is 0.680 bits per heavy atom. The highest BCUT2D eigenvalue weighted by atomic mass is 16.4. The molecule has 0 aliphatic carbocycles. The molecule has 0 atom stereocenters. The molecule has 3 heteroatoms. The van der Waals surface area contributed by atoms with Gasteiger partial charge in [-0.15, -0.1) is 0 Å². The molecule has 0 saturated carbocycles. The van der Waals surface area contributed by atoms with E-state index in [0.717, 1.165) is 43.4 Å². The maximum Gasteiger partial charge on any atom is 0.489 e. The van der Waals surface area contributed by atoms with Crippen molar-refractivity contribution < 1.29 is 10.0 Å². The lowest BCUT2D eigenvalue weighted by molar-refractivity contribution is 0.426. The molecule has 0 heterocycles. The monoisotopic (exact) mass is 324 g/mol. The van der Waals surface area contributed by atoms with Gasteiger partial charge < -0.3 is 10.0 Å². The molecular formula is C22H17BO2. The summed E-state index contributed by atoms with van der Waals surface area (Å²) < 4.78 is 0. The molecule has 0 saturated heterocycles. The largest absolute Gasteiger partial charge is 0.489 e. The highest BCUT2D eigenvalue weighted by Crippen LogP contribution is 2.37. The lowest BCUT2D eigenvalue weighted by Crippen LogP contribution is -2.30. The Kier molecular flexibility index (Phi) is 3.68. The smallest absolute Gasteiger partial charge is 0.423 e. The number of hydrogen-bond acceptors (Lipinski definition) is 2. The maximum absolute atomic E-state index is 9.89. The van der Waals surface area contributed by atoms with Crippen LogP contribution in [-0.4, -0.2) is 17.2 Å². The van der Waals surface area contributed by atoms with Crippen LogP contribution < -0.4 is 5.46 Å². The SMILES string of the molecule is C=Cc1c(C=C)c2cc(B(O)O)c3ccccc3c2c2ccccc12. The molecule has 0 radical (unpaired) electrons. The molecule has 0 bridgehead atoms. The van der Waals surface area contributed by atoms with Crippen LogP contribution in [0.2, 0.25) is 0 Å². The molecule has 120 valence electrons. The number of fused-ring (bicyclic) bond motifs is 5. The summed E-state index contributed by atoms with van der Waals surface area (Å²) in [5, 5.41) is 25.9. The normalized spacial score (nSPS) is 11.1. The molecule has 0 spiro atoms. The number of rotatable bonds is 3. The second-order valence-electron chi connectivity index (χ2n) is 6.09. The molecular weight excluding hydrogens is 307 g/mol. The van der Waals surface area contributed by atoms with Crippen molar-refractivity contribution in [3.05, 3.63) is 78.9 Å². The average Bonchev–Trinajstić information content (AvgIpc) is 2.65. The first-order valence-corrected chi connectivity index (χ1v) is 8.18. The molecule has 0 aromatic heterocycles. The van der Waals surface area contributed by atoms with Crippen LogP contribution in [0.4, 0.5) is 0 Å². The lowest BCUT2D eigenvalue weighted by atomic mass is 9.74. The van der Waals surface area contributed by atoms with Crippen molar-refractivity contribution in [1.82, 2.24) is 0 Å². The molecule has 2 N–H and O–H groups in total. The van der Waals surface area contributed by atoms with E-state index < -0.39 is 7.12 Å². The van der Waals surface area contributed by atoms with Gasteiger partial charge in [0.1, 0.15) is 0 Å². The first kappa shape index (κ1) is 15.6. The molecule has 4 rings (SSSR count). The first-order chi connectivity index (χ1) is 12.2. The van der Waals surface area contributed by atoms with Crippen molar-refractivity contribution in [3.63, 3.8) is 0 Å². The van der Waals surface area contributed by atoms with E-state index in [1.54, 1.807) is 0 Å². The predicted octanol–water partition coefficient (Wildman–Crippen LogP) is 4.11. The zero-order valence-corrected chi connectivity index (χ0v) is 13.7. The van der Waals surface area contributed by atoms with Crippen molar-refractivity contribution in [3.8, 4) is 0 Å². The fourth-order valence-electron chi connectivity index (χ4n) is 3.79. The quantitative estimate of drug-likeness (QED) is 0.440. The van der Waals surface area contributed by atoms with Crippen LogP contribution in [0.5, 0.6) is 0 Å². The van der Waals surface area contributed by atoms with Gasteiger partial charge in [0.15, 0.2) is 0 Å². The number of benzene rings is 4. The van der Waals surface area contributed by atoms with Gasteiger partial charge in [0.25, 0.3) is 0 Å². The van der Waals surface area contributed by atoms with E-state index in [9.17, 15) is 10.0 Å². The van der Waals surface area contributed by atoms with Crippen LogP contribution in [0.15, 0.2) is 67.8 Å². The van der Waals surface area contributed by atoms with Gasteiger partial charge in [0, 0.05) is 0 Å². The molecule has 0 amide bonds. The van der Waals surface area contributed by atoms with Crippen molar-refractivity contribution >= 4 is 57.1 Å². The van der Waals surface area contributed by atoms with Crippen molar-refractivity contribution in [1.29, 1.82) is 0 Å². The molecule has 2 nitrogen and oxygen atoms in total. The second-order valence-corrected chi connectivity index (χ2v) is 6.09. The molecule has 0 aliphatic rings. The van der Waals surface area contributed by atoms with Crippen LogP contribution in [0.25, 0.3) is 44.5 Å². The zero-order chi connectivity index (χ0) is 17.6. The summed E-state index contributed by atoms with van der Waals surface area (Å²) >= 11 is 0. The van der Waals surface area contributed by atoms with E-state index in [1.807, 2.05) is 54.6 Å². The minimum atomic E-state index is -1.54. The Bertz CT molecular complexity index is 1160. The predicted molar refractivity (Wildman–Crippen MR) is 109 cm³/mol. The van der Waals surface area contributed by atoms with E-state index in [1.165, 1.54) is 0 Å². The summed E-state index contributed by atoms with van der Waals surface area (Å²) in [6.07, 6.45) is 3.65. The van der Waals surface area contributed by atoms with E-state index in [2.05, 4.69) is 25.3 Å². The Balaban J connectivity index is 2.41. The summed E-state index contributed by atoms with van der Waals surface area (Å²) in [5.74, 6) is 0. The lowest BCUT2D eigenvalue weighted by Gasteiger charge is -2.17. The Morgan fingerprint density at radius 3 is 1.72 bits per heavy atom. The fourth-order valence-corrected chi connectivity index (χ4v) is 3.79. The molecule has 0 unspecified atom stereocenters. The van der Waals surface area contributed by atoms with Crippen LogP contribution in [0.3, 0.4) is 0 Å². The molecule has 4 aromatic carbocycles. The molecule has 25 heavy (non-hydrogen) atoms. The average molecular weight is 324 g/mol. The van der Waals surface area contributed by atoms with Gasteiger partial charge >= 0.3 is 7.12 Å². The Hall–Kier alpha value is -2.88. The van der Waals surface area contributed by atoms with E-state index >= 15 is 0 Å². The van der Waals surface area contributed by atoms with Gasteiger partial charge in [-0.05, 0) is 48.9 Å². The summed E-state index contributed by atoms with van der Waals surface area (Å²) in [6.45, 7) is 7.95. The van der Waals surface area contributed by atoms with Crippen LogP contribution >= 0.6 is 0 Å². The maximum atomic E-state index is 9.89. The van der Waals surface area contributed by atoms with Gasteiger partial charge in [-0.3, -0.25) is 0 Å². The van der Waals surface area contributed by atoms with Gasteiger partial charge in [-0.25, -0.2) is 0 Å². The third kappa shape index (κ3) is 2.21. The second kappa shape index (κ2) is 5.89. The zero-order valence-electron chi connectivity index (χ0n) is 13.7. The summed E-state index contributed by atoms with van der Waals surface area (Å²) in [6, 6.07) is 17.9. The molecule has 4 aromatic rings. The van der Waals surface area contributed by atoms with E-state index in [0.29, 0.717) is 5.46 Å². The van der Waals surface area contributed by atoms with Crippen LogP contribution in [0.1, 0.15) is 11.1 Å². The highest BCUT2D eigenvalue weighted by Gasteiger charge is 2.20. The van der Waals surface area contributed by atoms with E-state index in [-0.39, 0.29) is 0 Å². The summed E-state index contributed by atoms with van der Waals surface area (Å²) in [7, 11) is -1.54. The third-order valence-corrected chi connectivity index (χ3v) is 4.83. The van der Waals surface area contributed by atoms with Crippen LogP contribution in [0, 0.1) is 0 Å². The minimum Gasteiger partial charge on any atom is -0.423 e. The third-order valence-electron chi connectivity index (χ3n) is 4.83.